The van der Waals surface area contributed by atoms with Crippen molar-refractivity contribution >= 4 is 17.1 Å². The molecule has 0 spiro atoms. The summed E-state index contributed by atoms with van der Waals surface area (Å²) < 4.78 is 3.45. The first-order valence-corrected chi connectivity index (χ1v) is 11.6. The summed E-state index contributed by atoms with van der Waals surface area (Å²) in [6.45, 7) is 10.0. The number of piperazine rings is 1. The number of nitrogens with one attached hydrogen (secondary N) is 1. The van der Waals surface area contributed by atoms with E-state index in [0.717, 1.165) is 51.5 Å². The van der Waals surface area contributed by atoms with Crippen LogP contribution in [0.1, 0.15) is 32.3 Å². The van der Waals surface area contributed by atoms with Crippen LogP contribution < -0.4 is 16.1 Å². The van der Waals surface area contributed by atoms with E-state index in [1.165, 1.54) is 16.6 Å². The molecular formula is C24H34N6O2. The highest BCUT2D eigenvalue weighted by atomic mass is 16.2. The molecule has 8 nitrogen and oxygen atoms in total. The second-order valence-corrected chi connectivity index (χ2v) is 9.15. The minimum Gasteiger partial charge on any atom is -0.340 e. The van der Waals surface area contributed by atoms with Crippen LogP contribution in [-0.2, 0) is 20.0 Å². The number of hydrogen-bond acceptors (Lipinski definition) is 5. The zero-order valence-electron chi connectivity index (χ0n) is 19.4. The first-order chi connectivity index (χ1) is 15.4. The second-order valence-electron chi connectivity index (χ2n) is 9.15. The molecule has 1 aliphatic rings. The highest BCUT2D eigenvalue weighted by molar-refractivity contribution is 5.74. The highest BCUT2D eigenvalue weighted by Gasteiger charge is 2.24. The lowest BCUT2D eigenvalue weighted by Crippen LogP contribution is -2.47. The summed E-state index contributed by atoms with van der Waals surface area (Å²) in [7, 11) is 1.66. The summed E-state index contributed by atoms with van der Waals surface area (Å²) >= 11 is 0. The Morgan fingerprint density at radius 2 is 1.75 bits per heavy atom. The second kappa shape index (κ2) is 9.73. The van der Waals surface area contributed by atoms with Gasteiger partial charge in [-0.2, -0.15) is 4.98 Å². The van der Waals surface area contributed by atoms with E-state index in [4.69, 9.17) is 4.98 Å². The molecule has 1 N–H and O–H groups in total. The number of rotatable bonds is 8. The molecule has 0 bridgehead atoms. The number of aromatic amines is 1. The van der Waals surface area contributed by atoms with Crippen molar-refractivity contribution < 1.29 is 0 Å². The Labute approximate surface area is 188 Å². The Morgan fingerprint density at radius 1 is 1.03 bits per heavy atom. The molecule has 0 atom stereocenters. The van der Waals surface area contributed by atoms with Crippen LogP contribution in [0.4, 0.5) is 5.95 Å². The molecule has 1 aromatic carbocycles. The predicted octanol–water partition coefficient (Wildman–Crippen LogP) is 2.22. The zero-order chi connectivity index (χ0) is 22.7. The summed E-state index contributed by atoms with van der Waals surface area (Å²) in [6, 6.07) is 10.4. The van der Waals surface area contributed by atoms with Crippen LogP contribution in [-0.4, -0.2) is 56.7 Å². The molecule has 2 aromatic heterocycles. The Kier molecular flexibility index (Phi) is 6.79. The minimum absolute atomic E-state index is 0.364. The molecule has 1 fully saturated rings. The van der Waals surface area contributed by atoms with E-state index < -0.39 is 5.69 Å². The molecule has 0 radical (unpaired) electrons. The zero-order valence-corrected chi connectivity index (χ0v) is 19.4. The number of fused-ring (bicyclic) bond motifs is 1. The van der Waals surface area contributed by atoms with Gasteiger partial charge in [-0.3, -0.25) is 19.2 Å². The molecule has 0 saturated carbocycles. The average molecular weight is 439 g/mol. The fourth-order valence-electron chi connectivity index (χ4n) is 4.37. The quantitative estimate of drug-likeness (QED) is 0.583. The molecule has 0 amide bonds. The Hall–Kier alpha value is -2.87. The van der Waals surface area contributed by atoms with Gasteiger partial charge in [0, 0.05) is 39.8 Å². The van der Waals surface area contributed by atoms with Crippen molar-refractivity contribution in [3.05, 3.63) is 56.7 Å². The van der Waals surface area contributed by atoms with E-state index in [9.17, 15) is 9.59 Å². The summed E-state index contributed by atoms with van der Waals surface area (Å²) in [5, 5.41) is 0. The van der Waals surface area contributed by atoms with Crippen molar-refractivity contribution in [3.63, 3.8) is 0 Å². The van der Waals surface area contributed by atoms with Crippen molar-refractivity contribution in [1.82, 2.24) is 24.0 Å². The monoisotopic (exact) mass is 438 g/mol. The molecular weight excluding hydrogens is 404 g/mol. The van der Waals surface area contributed by atoms with Gasteiger partial charge in [0.05, 0.1) is 0 Å². The number of hydrogen-bond donors (Lipinski definition) is 1. The van der Waals surface area contributed by atoms with E-state index in [2.05, 4.69) is 40.8 Å². The van der Waals surface area contributed by atoms with Crippen LogP contribution in [0, 0.1) is 5.92 Å². The third-order valence-corrected chi connectivity index (χ3v) is 6.35. The average Bonchev–Trinajstić information content (AvgIpc) is 3.17. The lowest BCUT2D eigenvalue weighted by molar-refractivity contribution is 0.242. The number of aryl methyl sites for hydroxylation is 3. The smallest absolute Gasteiger partial charge is 0.329 e. The van der Waals surface area contributed by atoms with Crippen molar-refractivity contribution in [2.75, 3.05) is 37.6 Å². The van der Waals surface area contributed by atoms with Gasteiger partial charge >= 0.3 is 5.69 Å². The highest BCUT2D eigenvalue weighted by Crippen LogP contribution is 2.22. The van der Waals surface area contributed by atoms with E-state index >= 15 is 0 Å². The van der Waals surface area contributed by atoms with Crippen LogP contribution in [0.5, 0.6) is 0 Å². The van der Waals surface area contributed by atoms with Crippen molar-refractivity contribution in [3.8, 4) is 0 Å². The SMILES string of the molecule is CC(C)CCN1CCN(c2nc3c(c(=O)[nH]c(=O)n3C)n2CCCc2ccccc2)CC1. The lowest BCUT2D eigenvalue weighted by atomic mass is 10.1. The molecule has 4 rings (SSSR count). The number of aromatic nitrogens is 4. The number of H-pyrrole nitrogens is 1. The van der Waals surface area contributed by atoms with Gasteiger partial charge in [-0.25, -0.2) is 4.79 Å². The lowest BCUT2D eigenvalue weighted by Gasteiger charge is -2.35. The van der Waals surface area contributed by atoms with Crippen LogP contribution in [0.2, 0.25) is 0 Å². The van der Waals surface area contributed by atoms with Crippen molar-refractivity contribution in [1.29, 1.82) is 0 Å². The van der Waals surface area contributed by atoms with Crippen molar-refractivity contribution in [2.24, 2.45) is 13.0 Å². The van der Waals surface area contributed by atoms with Gasteiger partial charge in [0.25, 0.3) is 5.56 Å². The largest absolute Gasteiger partial charge is 0.340 e. The molecule has 3 aromatic rings. The van der Waals surface area contributed by atoms with Crippen LogP contribution >= 0.6 is 0 Å². The van der Waals surface area contributed by atoms with E-state index in [1.807, 2.05) is 22.8 Å². The summed E-state index contributed by atoms with van der Waals surface area (Å²) in [5.74, 6) is 1.50. The van der Waals surface area contributed by atoms with E-state index in [0.29, 0.717) is 23.6 Å². The van der Waals surface area contributed by atoms with Gasteiger partial charge in [-0.05, 0) is 37.3 Å². The van der Waals surface area contributed by atoms with Crippen LogP contribution in [0.15, 0.2) is 39.9 Å². The normalized spacial score (nSPS) is 15.2. The molecule has 172 valence electrons. The minimum atomic E-state index is -0.429. The Bertz CT molecular complexity index is 1150. The van der Waals surface area contributed by atoms with E-state index in [-0.39, 0.29) is 5.56 Å². The van der Waals surface area contributed by atoms with Crippen molar-refractivity contribution in [2.45, 2.75) is 39.7 Å². The number of anilines is 1. The summed E-state index contributed by atoms with van der Waals surface area (Å²) in [4.78, 5) is 36.9. The maximum atomic E-state index is 12.7. The fraction of sp³-hybridized carbons (Fsp3) is 0.542. The van der Waals surface area contributed by atoms with Gasteiger partial charge < -0.3 is 9.47 Å². The molecule has 0 aliphatic carbocycles. The molecule has 32 heavy (non-hydrogen) atoms. The topological polar surface area (TPSA) is 79.2 Å². The predicted molar refractivity (Wildman–Crippen MR) is 128 cm³/mol. The third kappa shape index (κ3) is 4.80. The Morgan fingerprint density at radius 3 is 2.44 bits per heavy atom. The van der Waals surface area contributed by atoms with Gasteiger partial charge in [-0.15, -0.1) is 0 Å². The van der Waals surface area contributed by atoms with Crippen LogP contribution in [0.3, 0.4) is 0 Å². The Balaban J connectivity index is 1.59. The number of imidazole rings is 1. The van der Waals surface area contributed by atoms with E-state index in [1.54, 1.807) is 7.05 Å². The van der Waals surface area contributed by atoms with Gasteiger partial charge in [-0.1, -0.05) is 44.2 Å². The van der Waals surface area contributed by atoms with Gasteiger partial charge in [0.1, 0.15) is 0 Å². The molecule has 1 aliphatic heterocycles. The standard InChI is InChI=1S/C24H34N6O2/c1-18(2)11-13-28-14-16-29(17-15-28)23-25-21-20(22(31)26-24(32)27(21)3)30(23)12-7-10-19-8-5-4-6-9-19/h4-6,8-9,18H,7,10-17H2,1-3H3,(H,26,31,32). The number of nitrogens with zero attached hydrogens (tertiary/aromatic N) is 5. The van der Waals surface area contributed by atoms with Crippen LogP contribution in [0.25, 0.3) is 11.2 Å². The molecule has 0 unspecified atom stereocenters. The third-order valence-electron chi connectivity index (χ3n) is 6.35. The fourth-order valence-corrected chi connectivity index (χ4v) is 4.37. The maximum absolute atomic E-state index is 12.7. The maximum Gasteiger partial charge on any atom is 0.329 e. The molecule has 1 saturated heterocycles. The number of benzene rings is 1. The van der Waals surface area contributed by atoms with Gasteiger partial charge in [0.15, 0.2) is 11.2 Å². The summed E-state index contributed by atoms with van der Waals surface area (Å²) in [6.07, 6.45) is 3.02. The first kappa shape index (κ1) is 22.3. The summed E-state index contributed by atoms with van der Waals surface area (Å²) in [5.41, 5.74) is 1.42. The van der Waals surface area contributed by atoms with Gasteiger partial charge in [0.2, 0.25) is 5.95 Å². The first-order valence-electron chi connectivity index (χ1n) is 11.6. The molecule has 3 heterocycles. The molecule has 8 heteroatoms.